The largest absolute Gasteiger partial charge is 0.444 e. The summed E-state index contributed by atoms with van der Waals surface area (Å²) in [6, 6.07) is 3.84. The van der Waals surface area contributed by atoms with Gasteiger partial charge in [-0.3, -0.25) is 4.79 Å². The van der Waals surface area contributed by atoms with Crippen LogP contribution in [0.2, 0.25) is 0 Å². The zero-order valence-electron chi connectivity index (χ0n) is 14.1. The molecule has 3 aromatic heterocycles. The summed E-state index contributed by atoms with van der Waals surface area (Å²) >= 11 is 0. The number of aromatic nitrogens is 3. The van der Waals surface area contributed by atoms with E-state index in [0.717, 1.165) is 23.6 Å². The third-order valence-corrected chi connectivity index (χ3v) is 4.25. The molecule has 0 unspecified atom stereocenters. The molecule has 1 aliphatic carbocycles. The molecule has 1 saturated carbocycles. The lowest BCUT2D eigenvalue weighted by atomic mass is 10.1. The molecule has 0 spiro atoms. The first kappa shape index (κ1) is 16.0. The van der Waals surface area contributed by atoms with Gasteiger partial charge in [0, 0.05) is 36.1 Å². The quantitative estimate of drug-likeness (QED) is 0.728. The molecule has 0 atom stereocenters. The van der Waals surface area contributed by atoms with E-state index < -0.39 is 0 Å². The van der Waals surface area contributed by atoms with Crippen molar-refractivity contribution >= 4 is 28.3 Å². The summed E-state index contributed by atoms with van der Waals surface area (Å²) in [7, 11) is 1.78. The summed E-state index contributed by atoms with van der Waals surface area (Å²) in [5.74, 6) is 1.61. The number of nitriles is 1. The molecule has 0 aromatic carbocycles. The van der Waals surface area contributed by atoms with Gasteiger partial charge in [-0.2, -0.15) is 5.26 Å². The number of pyridine rings is 2. The predicted molar refractivity (Wildman–Crippen MR) is 95.3 cm³/mol. The van der Waals surface area contributed by atoms with E-state index >= 15 is 0 Å². The molecule has 1 aliphatic rings. The topological polar surface area (TPSA) is 117 Å². The lowest BCUT2D eigenvalue weighted by Crippen LogP contribution is -2.14. The third kappa shape index (κ3) is 2.95. The van der Waals surface area contributed by atoms with Gasteiger partial charge in [-0.15, -0.1) is 0 Å². The average molecular weight is 348 g/mol. The van der Waals surface area contributed by atoms with Crippen LogP contribution in [0.25, 0.3) is 22.2 Å². The monoisotopic (exact) mass is 348 g/mol. The maximum atomic E-state index is 12.0. The van der Waals surface area contributed by atoms with Crippen molar-refractivity contribution in [3.63, 3.8) is 0 Å². The number of hydrogen-bond donors (Lipinski definition) is 2. The van der Waals surface area contributed by atoms with Crippen LogP contribution in [-0.2, 0) is 11.2 Å². The van der Waals surface area contributed by atoms with Crippen molar-refractivity contribution in [2.75, 3.05) is 17.7 Å². The van der Waals surface area contributed by atoms with Crippen molar-refractivity contribution in [3.8, 4) is 17.5 Å². The lowest BCUT2D eigenvalue weighted by molar-refractivity contribution is -0.117. The van der Waals surface area contributed by atoms with E-state index in [1.807, 2.05) is 6.07 Å². The van der Waals surface area contributed by atoms with E-state index in [-0.39, 0.29) is 18.2 Å². The number of fused-ring (bicyclic) bond motifs is 1. The molecule has 0 saturated heterocycles. The summed E-state index contributed by atoms with van der Waals surface area (Å²) in [6.45, 7) is 0. The standard InChI is InChI=1S/C18H16N6O2/c1-20-16-13-7-21-15(24-17(25)10-2-3-10)6-12(13)14(8-22-16)18-23-11(4-5-19)9-26-18/h6-10H,2-4H2,1H3,(H,20,22)(H,21,24,25). The van der Waals surface area contributed by atoms with Gasteiger partial charge in [0.25, 0.3) is 0 Å². The molecule has 3 heterocycles. The minimum absolute atomic E-state index is 0.00581. The highest BCUT2D eigenvalue weighted by Crippen LogP contribution is 2.33. The number of nitrogens with zero attached hydrogens (tertiary/aromatic N) is 4. The van der Waals surface area contributed by atoms with E-state index in [0.29, 0.717) is 28.8 Å². The lowest BCUT2D eigenvalue weighted by Gasteiger charge is -2.10. The molecule has 26 heavy (non-hydrogen) atoms. The van der Waals surface area contributed by atoms with Gasteiger partial charge in [0.1, 0.15) is 17.9 Å². The smallest absolute Gasteiger partial charge is 0.228 e. The predicted octanol–water partition coefficient (Wildman–Crippen LogP) is 2.74. The van der Waals surface area contributed by atoms with Crippen molar-refractivity contribution < 1.29 is 9.21 Å². The van der Waals surface area contributed by atoms with Gasteiger partial charge in [-0.05, 0) is 18.9 Å². The van der Waals surface area contributed by atoms with Crippen molar-refractivity contribution in [1.29, 1.82) is 5.26 Å². The van der Waals surface area contributed by atoms with Crippen LogP contribution in [0.1, 0.15) is 18.5 Å². The molecule has 0 aliphatic heterocycles. The summed E-state index contributed by atoms with van der Waals surface area (Å²) in [6.07, 6.45) is 6.82. The molecule has 0 radical (unpaired) electrons. The van der Waals surface area contributed by atoms with E-state index in [4.69, 9.17) is 9.68 Å². The van der Waals surface area contributed by atoms with Crippen LogP contribution in [0.5, 0.6) is 0 Å². The molecule has 4 rings (SSSR count). The van der Waals surface area contributed by atoms with Crippen LogP contribution in [0, 0.1) is 17.2 Å². The summed E-state index contributed by atoms with van der Waals surface area (Å²) in [4.78, 5) is 25.1. The van der Waals surface area contributed by atoms with Crippen molar-refractivity contribution in [2.24, 2.45) is 5.92 Å². The SMILES string of the molecule is CNc1ncc(-c2nc(CC#N)co2)c2cc(NC(=O)C3CC3)ncc12. The Balaban J connectivity index is 1.79. The Bertz CT molecular complexity index is 1030. The number of amides is 1. The van der Waals surface area contributed by atoms with Gasteiger partial charge in [-0.25, -0.2) is 15.0 Å². The minimum Gasteiger partial charge on any atom is -0.444 e. The molecule has 1 amide bonds. The molecule has 3 aromatic rings. The Hall–Kier alpha value is -3.47. The van der Waals surface area contributed by atoms with Crippen LogP contribution in [0.3, 0.4) is 0 Å². The number of rotatable bonds is 5. The molecular formula is C18H16N6O2. The maximum Gasteiger partial charge on any atom is 0.228 e. The Kier molecular flexibility index (Phi) is 3.97. The van der Waals surface area contributed by atoms with E-state index in [9.17, 15) is 4.79 Å². The molecule has 8 heteroatoms. The first-order valence-electron chi connectivity index (χ1n) is 8.28. The zero-order chi connectivity index (χ0) is 18.1. The second kappa shape index (κ2) is 6.44. The van der Waals surface area contributed by atoms with Gasteiger partial charge in [0.05, 0.1) is 23.7 Å². The van der Waals surface area contributed by atoms with Gasteiger partial charge < -0.3 is 15.1 Å². The number of hydrogen-bond acceptors (Lipinski definition) is 7. The normalized spacial score (nSPS) is 13.4. The Morgan fingerprint density at radius 3 is 2.92 bits per heavy atom. The van der Waals surface area contributed by atoms with Crippen molar-refractivity contribution in [2.45, 2.75) is 19.3 Å². The van der Waals surface area contributed by atoms with Gasteiger partial charge in [-0.1, -0.05) is 0 Å². The fourth-order valence-corrected chi connectivity index (χ4v) is 2.74. The zero-order valence-corrected chi connectivity index (χ0v) is 14.1. The van der Waals surface area contributed by atoms with Gasteiger partial charge in [0.15, 0.2) is 0 Å². The number of nitrogens with one attached hydrogen (secondary N) is 2. The highest BCUT2D eigenvalue weighted by Gasteiger charge is 2.30. The van der Waals surface area contributed by atoms with Gasteiger partial charge >= 0.3 is 0 Å². The number of carbonyl (C=O) groups is 1. The second-order valence-corrected chi connectivity index (χ2v) is 6.13. The number of anilines is 2. The molecule has 0 bridgehead atoms. The highest BCUT2D eigenvalue weighted by atomic mass is 16.3. The van der Waals surface area contributed by atoms with Crippen LogP contribution in [-0.4, -0.2) is 27.9 Å². The summed E-state index contributed by atoms with van der Waals surface area (Å²) < 4.78 is 5.52. The first-order valence-corrected chi connectivity index (χ1v) is 8.28. The van der Waals surface area contributed by atoms with Crippen LogP contribution in [0.4, 0.5) is 11.6 Å². The fraction of sp³-hybridized carbons (Fsp3) is 0.278. The summed E-state index contributed by atoms with van der Waals surface area (Å²) in [5.41, 5.74) is 1.23. The van der Waals surface area contributed by atoms with Crippen LogP contribution in [0.15, 0.2) is 29.1 Å². The number of oxazole rings is 1. The van der Waals surface area contributed by atoms with Crippen molar-refractivity contribution in [1.82, 2.24) is 15.0 Å². The molecule has 2 N–H and O–H groups in total. The van der Waals surface area contributed by atoms with Gasteiger partial charge in [0.2, 0.25) is 11.8 Å². The van der Waals surface area contributed by atoms with E-state index in [2.05, 4.69) is 25.6 Å². The van der Waals surface area contributed by atoms with E-state index in [1.54, 1.807) is 25.5 Å². The minimum atomic E-state index is -0.00581. The maximum absolute atomic E-state index is 12.0. The fourth-order valence-electron chi connectivity index (χ4n) is 2.74. The van der Waals surface area contributed by atoms with Crippen LogP contribution >= 0.6 is 0 Å². The van der Waals surface area contributed by atoms with Crippen molar-refractivity contribution in [3.05, 3.63) is 30.4 Å². The second-order valence-electron chi connectivity index (χ2n) is 6.13. The average Bonchev–Trinajstić information content (AvgIpc) is 3.41. The first-order chi connectivity index (χ1) is 12.7. The number of carbonyl (C=O) groups excluding carboxylic acids is 1. The third-order valence-electron chi connectivity index (χ3n) is 4.25. The molecular weight excluding hydrogens is 332 g/mol. The molecule has 130 valence electrons. The molecule has 1 fully saturated rings. The van der Waals surface area contributed by atoms with E-state index in [1.165, 1.54) is 6.26 Å². The Labute approximate surface area is 149 Å². The van der Waals surface area contributed by atoms with Crippen LogP contribution < -0.4 is 10.6 Å². The Morgan fingerprint density at radius 1 is 1.35 bits per heavy atom. The molecule has 8 nitrogen and oxygen atoms in total. The Morgan fingerprint density at radius 2 is 2.19 bits per heavy atom. The highest BCUT2D eigenvalue weighted by molar-refractivity contribution is 6.02. The summed E-state index contributed by atoms with van der Waals surface area (Å²) in [5, 5.41) is 16.3.